The lowest BCUT2D eigenvalue weighted by Gasteiger charge is -2.14. The lowest BCUT2D eigenvalue weighted by atomic mass is 9.94. The van der Waals surface area contributed by atoms with Crippen LogP contribution in [0, 0.1) is 11.8 Å². The zero-order valence-electron chi connectivity index (χ0n) is 11.5. The normalized spacial score (nSPS) is 12.4. The molecule has 1 aromatic heterocycles. The standard InChI is InChI=1S/C13H20N2O3S/c1-8(2)9(3)6-11(16)14-5-4-12-15-10(7-19-12)13(17)18/h7-9H,4-6H2,1-3H3,(H,14,16)(H,17,18). The largest absolute Gasteiger partial charge is 0.476 e. The molecule has 0 bridgehead atoms. The molecule has 5 nitrogen and oxygen atoms in total. The Morgan fingerprint density at radius 1 is 1.42 bits per heavy atom. The number of aromatic nitrogens is 1. The van der Waals surface area contributed by atoms with E-state index in [-0.39, 0.29) is 11.6 Å². The first-order valence-electron chi connectivity index (χ1n) is 6.34. The average Bonchev–Trinajstić information content (AvgIpc) is 2.77. The molecule has 1 aromatic rings. The van der Waals surface area contributed by atoms with E-state index < -0.39 is 5.97 Å². The summed E-state index contributed by atoms with van der Waals surface area (Å²) in [7, 11) is 0. The fourth-order valence-electron chi connectivity index (χ4n) is 1.43. The zero-order valence-corrected chi connectivity index (χ0v) is 12.3. The highest BCUT2D eigenvalue weighted by Gasteiger charge is 2.12. The summed E-state index contributed by atoms with van der Waals surface area (Å²) in [4.78, 5) is 26.3. The Morgan fingerprint density at radius 3 is 2.63 bits per heavy atom. The van der Waals surface area contributed by atoms with Crippen molar-refractivity contribution in [2.45, 2.75) is 33.6 Å². The summed E-state index contributed by atoms with van der Waals surface area (Å²) in [5.74, 6) is -0.130. The molecule has 0 aliphatic rings. The van der Waals surface area contributed by atoms with Gasteiger partial charge in [-0.25, -0.2) is 9.78 Å². The number of carbonyl (C=O) groups is 2. The van der Waals surface area contributed by atoms with E-state index in [0.29, 0.717) is 31.2 Å². The predicted octanol–water partition coefficient (Wildman–Crippen LogP) is 2.18. The minimum Gasteiger partial charge on any atom is -0.476 e. The van der Waals surface area contributed by atoms with Gasteiger partial charge >= 0.3 is 5.97 Å². The molecule has 1 heterocycles. The van der Waals surface area contributed by atoms with Crippen LogP contribution >= 0.6 is 11.3 Å². The van der Waals surface area contributed by atoms with E-state index >= 15 is 0 Å². The molecule has 0 aliphatic carbocycles. The summed E-state index contributed by atoms with van der Waals surface area (Å²) in [6, 6.07) is 0. The molecule has 1 rings (SSSR count). The third kappa shape index (κ3) is 5.38. The molecule has 0 aliphatic heterocycles. The summed E-state index contributed by atoms with van der Waals surface area (Å²) in [6.07, 6.45) is 1.09. The maximum atomic E-state index is 11.6. The zero-order chi connectivity index (χ0) is 14.4. The first-order valence-corrected chi connectivity index (χ1v) is 7.22. The SMILES string of the molecule is CC(C)C(C)CC(=O)NCCc1nc(C(=O)O)cs1. The molecule has 2 N–H and O–H groups in total. The third-order valence-electron chi connectivity index (χ3n) is 3.08. The van der Waals surface area contributed by atoms with E-state index in [1.165, 1.54) is 16.7 Å². The molecule has 0 radical (unpaired) electrons. The molecule has 0 saturated heterocycles. The van der Waals surface area contributed by atoms with Gasteiger partial charge in [0.05, 0.1) is 5.01 Å². The number of nitrogens with one attached hydrogen (secondary N) is 1. The second-order valence-corrected chi connectivity index (χ2v) is 5.90. The highest BCUT2D eigenvalue weighted by molar-refractivity contribution is 7.09. The smallest absolute Gasteiger partial charge is 0.355 e. The highest BCUT2D eigenvalue weighted by Crippen LogP contribution is 2.13. The Hall–Kier alpha value is -1.43. The summed E-state index contributed by atoms with van der Waals surface area (Å²) in [6.45, 7) is 6.75. The van der Waals surface area contributed by atoms with Crippen LogP contribution < -0.4 is 5.32 Å². The van der Waals surface area contributed by atoms with E-state index in [9.17, 15) is 9.59 Å². The van der Waals surface area contributed by atoms with Crippen molar-refractivity contribution in [2.24, 2.45) is 11.8 Å². The molecule has 6 heteroatoms. The van der Waals surface area contributed by atoms with E-state index in [1.807, 2.05) is 0 Å². The lowest BCUT2D eigenvalue weighted by Crippen LogP contribution is -2.28. The van der Waals surface area contributed by atoms with Gasteiger partial charge in [0, 0.05) is 24.8 Å². The number of carbonyl (C=O) groups excluding carboxylic acids is 1. The summed E-state index contributed by atoms with van der Waals surface area (Å²) in [5, 5.41) is 13.8. The molecule has 0 fully saturated rings. The van der Waals surface area contributed by atoms with Gasteiger partial charge < -0.3 is 10.4 Å². The second kappa shape index (κ2) is 7.23. The number of amides is 1. The van der Waals surface area contributed by atoms with Crippen LogP contribution in [-0.2, 0) is 11.2 Å². The Morgan fingerprint density at radius 2 is 2.11 bits per heavy atom. The van der Waals surface area contributed by atoms with Gasteiger partial charge in [-0.05, 0) is 11.8 Å². The fraction of sp³-hybridized carbons (Fsp3) is 0.615. The molecule has 1 amide bonds. The van der Waals surface area contributed by atoms with Crippen molar-refractivity contribution in [3.63, 3.8) is 0 Å². The van der Waals surface area contributed by atoms with Crippen molar-refractivity contribution in [1.29, 1.82) is 0 Å². The van der Waals surface area contributed by atoms with Crippen molar-refractivity contribution in [2.75, 3.05) is 6.54 Å². The van der Waals surface area contributed by atoms with Crippen molar-refractivity contribution < 1.29 is 14.7 Å². The average molecular weight is 284 g/mol. The number of nitrogens with zero attached hydrogens (tertiary/aromatic N) is 1. The van der Waals surface area contributed by atoms with Crippen LogP contribution in [0.3, 0.4) is 0 Å². The predicted molar refractivity (Wildman–Crippen MR) is 74.4 cm³/mol. The van der Waals surface area contributed by atoms with Crippen molar-refractivity contribution in [3.8, 4) is 0 Å². The summed E-state index contributed by atoms with van der Waals surface area (Å²) < 4.78 is 0. The molecule has 0 aromatic carbocycles. The van der Waals surface area contributed by atoms with Crippen molar-refractivity contribution in [3.05, 3.63) is 16.1 Å². The number of carboxylic acids is 1. The Kier molecular flexibility index (Phi) is 5.95. The summed E-state index contributed by atoms with van der Waals surface area (Å²) >= 11 is 1.31. The van der Waals surface area contributed by atoms with Crippen LogP contribution in [0.25, 0.3) is 0 Å². The quantitative estimate of drug-likeness (QED) is 0.804. The van der Waals surface area contributed by atoms with Gasteiger partial charge in [-0.3, -0.25) is 4.79 Å². The van der Waals surface area contributed by atoms with Crippen LogP contribution in [0.1, 0.15) is 42.7 Å². The maximum absolute atomic E-state index is 11.6. The van der Waals surface area contributed by atoms with E-state index in [0.717, 1.165) is 5.01 Å². The van der Waals surface area contributed by atoms with Crippen LogP contribution in [0.5, 0.6) is 0 Å². The maximum Gasteiger partial charge on any atom is 0.355 e. The van der Waals surface area contributed by atoms with Gasteiger partial charge in [0.25, 0.3) is 0 Å². The number of rotatable bonds is 7. The molecule has 0 saturated carbocycles. The van der Waals surface area contributed by atoms with Crippen LogP contribution in [0.4, 0.5) is 0 Å². The first kappa shape index (κ1) is 15.6. The van der Waals surface area contributed by atoms with Gasteiger partial charge in [-0.1, -0.05) is 20.8 Å². The van der Waals surface area contributed by atoms with Gasteiger partial charge in [0.1, 0.15) is 0 Å². The number of thiazole rings is 1. The first-order chi connectivity index (χ1) is 8.90. The Bertz CT molecular complexity index is 443. The van der Waals surface area contributed by atoms with Gasteiger partial charge in [-0.2, -0.15) is 0 Å². The van der Waals surface area contributed by atoms with Crippen LogP contribution in [0.15, 0.2) is 5.38 Å². The van der Waals surface area contributed by atoms with E-state index in [4.69, 9.17) is 5.11 Å². The topological polar surface area (TPSA) is 79.3 Å². The van der Waals surface area contributed by atoms with Crippen molar-refractivity contribution in [1.82, 2.24) is 10.3 Å². The van der Waals surface area contributed by atoms with Gasteiger partial charge in [0.2, 0.25) is 5.91 Å². The Labute approximate surface area is 117 Å². The van der Waals surface area contributed by atoms with Gasteiger partial charge in [0.15, 0.2) is 5.69 Å². The van der Waals surface area contributed by atoms with Crippen LogP contribution in [0.2, 0.25) is 0 Å². The fourth-order valence-corrected chi connectivity index (χ4v) is 2.21. The number of hydrogen-bond donors (Lipinski definition) is 2. The molecule has 1 atom stereocenters. The van der Waals surface area contributed by atoms with E-state index in [2.05, 4.69) is 31.1 Å². The second-order valence-electron chi connectivity index (χ2n) is 4.96. The van der Waals surface area contributed by atoms with E-state index in [1.54, 1.807) is 0 Å². The molecule has 1 unspecified atom stereocenters. The monoisotopic (exact) mass is 284 g/mol. The number of carboxylic acid groups (broad SMARTS) is 1. The molecular weight excluding hydrogens is 264 g/mol. The Balaban J connectivity index is 2.29. The molecule has 0 spiro atoms. The minimum atomic E-state index is -1.02. The third-order valence-corrected chi connectivity index (χ3v) is 3.99. The molecular formula is C13H20N2O3S. The van der Waals surface area contributed by atoms with Crippen LogP contribution in [-0.4, -0.2) is 28.5 Å². The minimum absolute atomic E-state index is 0.0382. The molecule has 106 valence electrons. The summed E-state index contributed by atoms with van der Waals surface area (Å²) in [5.41, 5.74) is 0.0692. The van der Waals surface area contributed by atoms with Gasteiger partial charge in [-0.15, -0.1) is 11.3 Å². The number of hydrogen-bond acceptors (Lipinski definition) is 4. The van der Waals surface area contributed by atoms with Crippen molar-refractivity contribution >= 4 is 23.2 Å². The number of aromatic carboxylic acids is 1. The highest BCUT2D eigenvalue weighted by atomic mass is 32.1. The lowest BCUT2D eigenvalue weighted by molar-refractivity contribution is -0.122. The molecule has 19 heavy (non-hydrogen) atoms.